The molecule has 4 heterocycles. The van der Waals surface area contributed by atoms with Crippen LogP contribution in [0.2, 0.25) is 0 Å². The third-order valence-electron chi connectivity index (χ3n) is 5.88. The van der Waals surface area contributed by atoms with Gasteiger partial charge in [0, 0.05) is 77.5 Å². The van der Waals surface area contributed by atoms with Crippen molar-refractivity contribution in [1.82, 2.24) is 29.2 Å². The van der Waals surface area contributed by atoms with Crippen molar-refractivity contribution in [1.29, 1.82) is 0 Å². The highest BCUT2D eigenvalue weighted by molar-refractivity contribution is 9.10. The van der Waals surface area contributed by atoms with Gasteiger partial charge in [-0.3, -0.25) is 4.90 Å². The number of hydrogen-bond donors (Lipinski definition) is 2. The van der Waals surface area contributed by atoms with Crippen molar-refractivity contribution in [3.05, 3.63) is 58.1 Å². The van der Waals surface area contributed by atoms with E-state index in [0.29, 0.717) is 24.9 Å². The molecule has 9 heteroatoms. The zero-order chi connectivity index (χ0) is 21.7. The molecule has 0 aliphatic carbocycles. The summed E-state index contributed by atoms with van der Waals surface area (Å²) >= 11 is 3.69. The van der Waals surface area contributed by atoms with E-state index >= 15 is 0 Å². The Hall–Kier alpha value is -2.75. The van der Waals surface area contributed by atoms with Gasteiger partial charge in [0.25, 0.3) is 0 Å². The van der Waals surface area contributed by atoms with Crippen LogP contribution in [0.15, 0.2) is 41.1 Å². The number of rotatable bonds is 5. The van der Waals surface area contributed by atoms with E-state index in [-0.39, 0.29) is 6.10 Å². The first-order chi connectivity index (χ1) is 14.9. The Morgan fingerprint density at radius 1 is 1.23 bits per heavy atom. The van der Waals surface area contributed by atoms with Crippen molar-refractivity contribution >= 4 is 38.5 Å². The Kier molecular flexibility index (Phi) is 5.04. The minimum Gasteiger partial charge on any atom is -0.390 e. The van der Waals surface area contributed by atoms with E-state index in [0.717, 1.165) is 33.3 Å². The van der Waals surface area contributed by atoms with Gasteiger partial charge < -0.3 is 15.0 Å². The summed E-state index contributed by atoms with van der Waals surface area (Å²) in [6.07, 6.45) is 3.53. The normalized spacial score (nSPS) is 14.9. The minimum atomic E-state index is -0.203. The van der Waals surface area contributed by atoms with Gasteiger partial charge in [-0.1, -0.05) is 0 Å². The van der Waals surface area contributed by atoms with Crippen molar-refractivity contribution in [2.24, 2.45) is 7.05 Å². The van der Waals surface area contributed by atoms with Gasteiger partial charge in [-0.05, 0) is 48.0 Å². The lowest BCUT2D eigenvalue weighted by Crippen LogP contribution is -2.49. The van der Waals surface area contributed by atoms with Crippen LogP contribution >= 0.6 is 15.9 Å². The van der Waals surface area contributed by atoms with Gasteiger partial charge in [-0.15, -0.1) is 0 Å². The molecule has 0 saturated carbocycles. The van der Waals surface area contributed by atoms with Crippen LogP contribution in [0.25, 0.3) is 16.7 Å². The first-order valence-electron chi connectivity index (χ1n) is 10.2. The number of halogens is 1. The predicted molar refractivity (Wildman–Crippen MR) is 124 cm³/mol. The van der Waals surface area contributed by atoms with E-state index in [9.17, 15) is 5.11 Å². The second-order valence-electron chi connectivity index (χ2n) is 8.09. The summed E-state index contributed by atoms with van der Waals surface area (Å²) in [5.74, 6) is 1.22. The van der Waals surface area contributed by atoms with E-state index < -0.39 is 0 Å². The molecule has 160 valence electrons. The Labute approximate surface area is 188 Å². The van der Waals surface area contributed by atoms with E-state index in [4.69, 9.17) is 0 Å². The molecule has 0 unspecified atom stereocenters. The zero-order valence-electron chi connectivity index (χ0n) is 17.7. The van der Waals surface area contributed by atoms with Gasteiger partial charge in [0.15, 0.2) is 5.82 Å². The van der Waals surface area contributed by atoms with Crippen LogP contribution in [0.3, 0.4) is 0 Å². The molecule has 3 aromatic heterocycles. The van der Waals surface area contributed by atoms with Crippen molar-refractivity contribution < 1.29 is 5.11 Å². The number of aryl methyl sites for hydroxylation is 2. The number of aliphatic hydroxyl groups excluding tert-OH is 1. The van der Waals surface area contributed by atoms with Crippen molar-refractivity contribution in [2.45, 2.75) is 26.5 Å². The van der Waals surface area contributed by atoms with Crippen molar-refractivity contribution in [3.63, 3.8) is 0 Å². The average Bonchev–Trinajstić information content (AvgIpc) is 3.20. The molecule has 1 aliphatic rings. The first-order valence-corrected chi connectivity index (χ1v) is 11.0. The maximum atomic E-state index is 9.50. The summed E-state index contributed by atoms with van der Waals surface area (Å²) < 4.78 is 5.05. The maximum Gasteiger partial charge on any atom is 0.229 e. The number of fused-ring (bicyclic) bond motifs is 1. The van der Waals surface area contributed by atoms with Crippen LogP contribution in [0.1, 0.15) is 17.0 Å². The van der Waals surface area contributed by atoms with Crippen LogP contribution < -0.4 is 5.32 Å². The number of nitrogens with zero attached hydrogens (tertiary/aromatic N) is 6. The zero-order valence-corrected chi connectivity index (χ0v) is 19.3. The molecule has 1 saturated heterocycles. The van der Waals surface area contributed by atoms with Gasteiger partial charge >= 0.3 is 0 Å². The summed E-state index contributed by atoms with van der Waals surface area (Å²) in [6.45, 7) is 6.30. The summed E-state index contributed by atoms with van der Waals surface area (Å²) in [5.41, 5.74) is 5.37. The molecule has 1 aromatic carbocycles. The molecule has 4 aromatic rings. The summed E-state index contributed by atoms with van der Waals surface area (Å²) in [6, 6.07) is 8.06. The minimum absolute atomic E-state index is 0.203. The average molecular weight is 482 g/mol. The highest BCUT2D eigenvalue weighted by Crippen LogP contribution is 2.32. The van der Waals surface area contributed by atoms with Gasteiger partial charge in [-0.25, -0.2) is 9.67 Å². The number of nitrogens with one attached hydrogen (secondary N) is 1. The molecule has 8 nitrogen and oxygen atoms in total. The summed E-state index contributed by atoms with van der Waals surface area (Å²) in [7, 11) is 2.06. The van der Waals surface area contributed by atoms with Crippen LogP contribution in [-0.4, -0.2) is 53.5 Å². The highest BCUT2D eigenvalue weighted by Gasteiger charge is 2.25. The van der Waals surface area contributed by atoms with Crippen molar-refractivity contribution in [2.75, 3.05) is 18.4 Å². The number of aliphatic hydroxyl groups is 1. The van der Waals surface area contributed by atoms with Gasteiger partial charge in [-0.2, -0.15) is 10.1 Å². The number of hydrogen-bond acceptors (Lipinski definition) is 6. The van der Waals surface area contributed by atoms with E-state index in [2.05, 4.69) is 71.9 Å². The number of anilines is 2. The maximum absolute atomic E-state index is 9.50. The predicted octanol–water partition coefficient (Wildman–Crippen LogP) is 3.45. The lowest BCUT2D eigenvalue weighted by atomic mass is 10.1. The fourth-order valence-electron chi connectivity index (χ4n) is 3.95. The number of likely N-dealkylation sites (tertiary alicyclic amines) is 1. The Bertz CT molecular complexity index is 1270. The topological polar surface area (TPSA) is 84.0 Å². The van der Waals surface area contributed by atoms with Crippen molar-refractivity contribution in [3.8, 4) is 5.82 Å². The molecule has 31 heavy (non-hydrogen) atoms. The molecule has 0 bridgehead atoms. The monoisotopic (exact) mass is 481 g/mol. The van der Waals surface area contributed by atoms with E-state index in [1.165, 1.54) is 11.2 Å². The molecule has 0 radical (unpaired) electrons. The number of aromatic nitrogens is 5. The first kappa shape index (κ1) is 20.2. The quantitative estimate of drug-likeness (QED) is 0.454. The fourth-order valence-corrected chi connectivity index (χ4v) is 4.54. The Morgan fingerprint density at radius 2 is 2.03 bits per heavy atom. The van der Waals surface area contributed by atoms with Crippen LogP contribution in [0.4, 0.5) is 11.6 Å². The van der Waals surface area contributed by atoms with Crippen LogP contribution in [-0.2, 0) is 13.6 Å². The highest BCUT2D eigenvalue weighted by atomic mass is 79.9. The van der Waals surface area contributed by atoms with Gasteiger partial charge in [0.1, 0.15) is 0 Å². The molecule has 1 fully saturated rings. The molecular weight excluding hydrogens is 458 g/mol. The van der Waals surface area contributed by atoms with Gasteiger partial charge in [0.05, 0.1) is 11.8 Å². The molecule has 2 N–H and O–H groups in total. The second-order valence-corrected chi connectivity index (χ2v) is 8.88. The molecular formula is C22H24BrN7O. The molecule has 1 aliphatic heterocycles. The van der Waals surface area contributed by atoms with E-state index in [1.54, 1.807) is 10.9 Å². The third-order valence-corrected chi connectivity index (χ3v) is 6.88. The van der Waals surface area contributed by atoms with Crippen LogP contribution in [0.5, 0.6) is 0 Å². The van der Waals surface area contributed by atoms with Gasteiger partial charge in [0.2, 0.25) is 5.95 Å². The lowest BCUT2D eigenvalue weighted by Gasteiger charge is -2.35. The third kappa shape index (κ3) is 3.73. The summed E-state index contributed by atoms with van der Waals surface area (Å²) in [5, 5.41) is 18.6. The van der Waals surface area contributed by atoms with E-state index in [1.807, 2.05) is 25.3 Å². The lowest BCUT2D eigenvalue weighted by molar-refractivity contribution is -0.00297. The molecule has 0 spiro atoms. The number of β-amino-alcohol motifs (C(OH)–C–C–N with tert-alkyl or cyclic N) is 1. The summed E-state index contributed by atoms with van der Waals surface area (Å²) in [4.78, 5) is 11.2. The number of benzene rings is 1. The standard InChI is InChI=1S/C22H24BrN7O/c1-13-15(9-29-11-17(31)12-29)10-30(27-13)20-6-7-24-22(26-20)25-16-4-5-19-18(8-16)21(23)14(2)28(19)3/h4-8,10,17,31H,9,11-12H2,1-3H3,(H,24,25,26). The Balaban J connectivity index is 1.38. The largest absolute Gasteiger partial charge is 0.390 e. The fraction of sp³-hybridized carbons (Fsp3) is 0.318. The molecule has 0 atom stereocenters. The Morgan fingerprint density at radius 3 is 2.81 bits per heavy atom. The SMILES string of the molecule is Cc1nn(-c2ccnc(Nc3ccc4c(c3)c(Br)c(C)n4C)n2)cc1CN1CC(O)C1. The molecule has 5 rings (SSSR count). The molecule has 0 amide bonds. The second kappa shape index (κ2) is 7.74. The van der Waals surface area contributed by atoms with Crippen LogP contribution in [0, 0.1) is 13.8 Å². The smallest absolute Gasteiger partial charge is 0.229 e.